The molecule has 1 fully saturated rings. The molecule has 3 N–H and O–H groups in total. The van der Waals surface area contributed by atoms with Crippen LogP contribution >= 0.6 is 0 Å². The Morgan fingerprint density at radius 1 is 1.43 bits per heavy atom. The molecule has 0 aliphatic carbocycles. The third-order valence-electron chi connectivity index (χ3n) is 3.54. The molecule has 1 amide bonds. The molecule has 21 heavy (non-hydrogen) atoms. The van der Waals surface area contributed by atoms with Crippen molar-refractivity contribution in [3.8, 4) is 0 Å². The summed E-state index contributed by atoms with van der Waals surface area (Å²) in [5.41, 5.74) is 6.97. The van der Waals surface area contributed by atoms with Crippen LogP contribution in [0.2, 0.25) is 0 Å². The predicted octanol–water partition coefficient (Wildman–Crippen LogP) is 0.227. The summed E-state index contributed by atoms with van der Waals surface area (Å²) in [6.45, 7) is 0.973. The fraction of sp³-hybridized carbons (Fsp3) is 0.500. The maximum Gasteiger partial charge on any atom is 0.224 e. The minimum atomic E-state index is -3.24. The highest BCUT2D eigenvalue weighted by molar-refractivity contribution is 7.88. The standard InChI is InChI=1S/C14H21N3O3S/c1-21(19,20)16-12-7-8-17(10-12)14(18)9-13(15)11-5-3-2-4-6-11/h2-6,12-13,16H,7-10,15H2,1H3/t12-,13+/m1/s1. The number of likely N-dealkylation sites (tertiary alicyclic amines) is 1. The maximum atomic E-state index is 12.2. The van der Waals surface area contributed by atoms with E-state index in [2.05, 4.69) is 4.72 Å². The molecular weight excluding hydrogens is 290 g/mol. The number of nitrogens with two attached hydrogens (primary N) is 1. The number of benzene rings is 1. The van der Waals surface area contributed by atoms with Crippen LogP contribution in [0.3, 0.4) is 0 Å². The number of sulfonamides is 1. The van der Waals surface area contributed by atoms with Crippen LogP contribution in [0.5, 0.6) is 0 Å². The Hall–Kier alpha value is -1.44. The van der Waals surface area contributed by atoms with Crippen LogP contribution in [0, 0.1) is 0 Å². The normalized spacial score (nSPS) is 20.5. The summed E-state index contributed by atoms with van der Waals surface area (Å²) < 4.78 is 24.9. The van der Waals surface area contributed by atoms with Crippen molar-refractivity contribution >= 4 is 15.9 Å². The summed E-state index contributed by atoms with van der Waals surface area (Å²) in [6.07, 6.45) is 2.00. The molecular formula is C14H21N3O3S. The molecule has 6 nitrogen and oxygen atoms in total. The summed E-state index contributed by atoms with van der Waals surface area (Å²) >= 11 is 0. The van der Waals surface area contributed by atoms with E-state index in [9.17, 15) is 13.2 Å². The molecule has 1 aliphatic heterocycles. The lowest BCUT2D eigenvalue weighted by molar-refractivity contribution is -0.130. The van der Waals surface area contributed by atoms with E-state index < -0.39 is 10.0 Å². The molecule has 0 aromatic heterocycles. The second-order valence-electron chi connectivity index (χ2n) is 5.44. The summed E-state index contributed by atoms with van der Waals surface area (Å²) in [7, 11) is -3.24. The van der Waals surface area contributed by atoms with Gasteiger partial charge in [-0.15, -0.1) is 0 Å². The number of amides is 1. The van der Waals surface area contributed by atoms with Gasteiger partial charge in [0.15, 0.2) is 0 Å². The fourth-order valence-electron chi connectivity index (χ4n) is 2.52. The zero-order valence-electron chi connectivity index (χ0n) is 12.0. The van der Waals surface area contributed by atoms with E-state index in [4.69, 9.17) is 5.73 Å². The van der Waals surface area contributed by atoms with Gasteiger partial charge in [-0.3, -0.25) is 4.79 Å². The average Bonchev–Trinajstić information content (AvgIpc) is 2.86. The molecule has 0 saturated carbocycles. The zero-order chi connectivity index (χ0) is 15.5. The summed E-state index contributed by atoms with van der Waals surface area (Å²) in [6, 6.07) is 8.95. The second kappa shape index (κ2) is 6.55. The number of nitrogens with one attached hydrogen (secondary N) is 1. The number of hydrogen-bond donors (Lipinski definition) is 2. The highest BCUT2D eigenvalue weighted by atomic mass is 32.2. The van der Waals surface area contributed by atoms with Gasteiger partial charge in [-0.1, -0.05) is 30.3 Å². The van der Waals surface area contributed by atoms with Gasteiger partial charge in [-0.05, 0) is 12.0 Å². The van der Waals surface area contributed by atoms with Crippen molar-refractivity contribution in [1.82, 2.24) is 9.62 Å². The lowest BCUT2D eigenvalue weighted by Crippen LogP contribution is -2.38. The van der Waals surface area contributed by atoms with Gasteiger partial charge in [0.2, 0.25) is 15.9 Å². The fourth-order valence-corrected chi connectivity index (χ4v) is 3.32. The van der Waals surface area contributed by atoms with Crippen LogP contribution in [-0.4, -0.2) is 44.6 Å². The Labute approximate surface area is 125 Å². The lowest BCUT2D eigenvalue weighted by atomic mass is 10.0. The first-order valence-corrected chi connectivity index (χ1v) is 8.80. The van der Waals surface area contributed by atoms with Crippen molar-refractivity contribution in [3.63, 3.8) is 0 Å². The number of carbonyl (C=O) groups is 1. The first kappa shape index (κ1) is 15.9. The second-order valence-corrected chi connectivity index (χ2v) is 7.22. The summed E-state index contributed by atoms with van der Waals surface area (Å²) in [5.74, 6) is -0.0378. The van der Waals surface area contributed by atoms with Crippen LogP contribution in [0.4, 0.5) is 0 Å². The van der Waals surface area contributed by atoms with Crippen LogP contribution < -0.4 is 10.5 Å². The third-order valence-corrected chi connectivity index (χ3v) is 4.31. The molecule has 1 aromatic carbocycles. The third kappa shape index (κ3) is 4.80. The number of hydrogen-bond acceptors (Lipinski definition) is 4. The van der Waals surface area contributed by atoms with E-state index in [1.165, 1.54) is 0 Å². The van der Waals surface area contributed by atoms with E-state index >= 15 is 0 Å². The number of carbonyl (C=O) groups excluding carboxylic acids is 1. The van der Waals surface area contributed by atoms with Gasteiger partial charge in [-0.2, -0.15) is 0 Å². The van der Waals surface area contributed by atoms with Crippen molar-refractivity contribution in [3.05, 3.63) is 35.9 Å². The molecule has 1 aromatic rings. The van der Waals surface area contributed by atoms with Gasteiger partial charge in [-0.25, -0.2) is 13.1 Å². The van der Waals surface area contributed by atoms with E-state index in [1.807, 2.05) is 30.3 Å². The van der Waals surface area contributed by atoms with Crippen LogP contribution in [-0.2, 0) is 14.8 Å². The Kier molecular flexibility index (Phi) is 4.97. The number of rotatable bonds is 5. The smallest absolute Gasteiger partial charge is 0.224 e. The minimum Gasteiger partial charge on any atom is -0.341 e. The van der Waals surface area contributed by atoms with Crippen LogP contribution in [0.25, 0.3) is 0 Å². The molecule has 0 bridgehead atoms. The van der Waals surface area contributed by atoms with Gasteiger partial charge in [0.25, 0.3) is 0 Å². The molecule has 0 radical (unpaired) electrons. The monoisotopic (exact) mass is 311 g/mol. The van der Waals surface area contributed by atoms with Crippen molar-refractivity contribution in [2.45, 2.75) is 24.9 Å². The van der Waals surface area contributed by atoms with Gasteiger partial charge in [0.05, 0.1) is 6.26 Å². The Morgan fingerprint density at radius 2 is 2.10 bits per heavy atom. The maximum absolute atomic E-state index is 12.2. The van der Waals surface area contributed by atoms with Crippen molar-refractivity contribution < 1.29 is 13.2 Å². The van der Waals surface area contributed by atoms with Crippen molar-refractivity contribution in [1.29, 1.82) is 0 Å². The SMILES string of the molecule is CS(=O)(=O)N[C@@H]1CCN(C(=O)C[C@H](N)c2ccccc2)C1. The molecule has 2 rings (SSSR count). The zero-order valence-corrected chi connectivity index (χ0v) is 12.8. The van der Waals surface area contributed by atoms with E-state index in [0.717, 1.165) is 11.8 Å². The Bertz CT molecular complexity index is 589. The number of nitrogens with zero attached hydrogens (tertiary/aromatic N) is 1. The van der Waals surface area contributed by atoms with Gasteiger partial charge in [0, 0.05) is 31.6 Å². The summed E-state index contributed by atoms with van der Waals surface area (Å²) in [5, 5.41) is 0. The molecule has 1 heterocycles. The Morgan fingerprint density at radius 3 is 2.71 bits per heavy atom. The molecule has 1 aliphatic rings. The highest BCUT2D eigenvalue weighted by Crippen LogP contribution is 2.17. The predicted molar refractivity (Wildman–Crippen MR) is 81.0 cm³/mol. The lowest BCUT2D eigenvalue weighted by Gasteiger charge is -2.19. The molecule has 7 heteroatoms. The van der Waals surface area contributed by atoms with Gasteiger partial charge < -0.3 is 10.6 Å². The Balaban J connectivity index is 1.87. The minimum absolute atomic E-state index is 0.0378. The quantitative estimate of drug-likeness (QED) is 0.814. The van der Waals surface area contributed by atoms with E-state index in [-0.39, 0.29) is 24.4 Å². The molecule has 116 valence electrons. The molecule has 2 atom stereocenters. The first-order chi connectivity index (χ1) is 9.85. The largest absolute Gasteiger partial charge is 0.341 e. The highest BCUT2D eigenvalue weighted by Gasteiger charge is 2.28. The summed E-state index contributed by atoms with van der Waals surface area (Å²) in [4.78, 5) is 13.9. The van der Waals surface area contributed by atoms with Gasteiger partial charge >= 0.3 is 0 Å². The van der Waals surface area contributed by atoms with Crippen molar-refractivity contribution in [2.75, 3.05) is 19.3 Å². The topological polar surface area (TPSA) is 92.5 Å². The van der Waals surface area contributed by atoms with E-state index in [1.54, 1.807) is 4.90 Å². The molecule has 0 spiro atoms. The average molecular weight is 311 g/mol. The first-order valence-electron chi connectivity index (χ1n) is 6.91. The van der Waals surface area contributed by atoms with Crippen molar-refractivity contribution in [2.24, 2.45) is 5.73 Å². The molecule has 0 unspecified atom stereocenters. The van der Waals surface area contributed by atoms with Gasteiger partial charge in [0.1, 0.15) is 0 Å². The van der Waals surface area contributed by atoms with Crippen LogP contribution in [0.1, 0.15) is 24.4 Å². The van der Waals surface area contributed by atoms with Crippen LogP contribution in [0.15, 0.2) is 30.3 Å². The molecule has 1 saturated heterocycles. The van der Waals surface area contributed by atoms with E-state index in [0.29, 0.717) is 19.5 Å².